The molecule has 0 fully saturated rings. The van der Waals surface area contributed by atoms with E-state index in [4.69, 9.17) is 10.7 Å². The van der Waals surface area contributed by atoms with E-state index in [1.165, 1.54) is 0 Å². The molecule has 3 aromatic rings. The molecule has 0 radical (unpaired) electrons. The molecule has 0 aliphatic heterocycles. The van der Waals surface area contributed by atoms with Crippen molar-refractivity contribution in [3.05, 3.63) is 47.7 Å². The third kappa shape index (κ3) is 3.92. The Morgan fingerprint density at radius 1 is 1.25 bits per heavy atom. The van der Waals surface area contributed by atoms with Crippen LogP contribution in [0.5, 0.6) is 0 Å². The van der Waals surface area contributed by atoms with Crippen molar-refractivity contribution in [2.75, 3.05) is 13.6 Å². The van der Waals surface area contributed by atoms with E-state index in [1.807, 2.05) is 57.4 Å². The molecule has 0 saturated carbocycles. The number of aromatic nitrogens is 3. The fourth-order valence-electron chi connectivity index (χ4n) is 3.35. The Bertz CT molecular complexity index is 978. The summed E-state index contributed by atoms with van der Waals surface area (Å²) in [4.78, 5) is 19.8. The van der Waals surface area contributed by atoms with Crippen LogP contribution in [-0.4, -0.2) is 45.2 Å². The minimum atomic E-state index is -0.0309. The Hall–Kier alpha value is -2.73. The van der Waals surface area contributed by atoms with Gasteiger partial charge in [-0.3, -0.25) is 9.48 Å². The third-order valence-electron chi connectivity index (χ3n) is 5.27. The number of hydrogen-bond donors (Lipinski definition) is 1. The van der Waals surface area contributed by atoms with Gasteiger partial charge in [0.1, 0.15) is 0 Å². The van der Waals surface area contributed by atoms with Crippen LogP contribution in [0.1, 0.15) is 36.3 Å². The Morgan fingerprint density at radius 3 is 2.57 bits per heavy atom. The molecule has 1 aromatic carbocycles. The molecule has 0 saturated heterocycles. The zero-order chi connectivity index (χ0) is 20.4. The Kier molecular flexibility index (Phi) is 5.79. The lowest BCUT2D eigenvalue weighted by atomic mass is 10.0. The molecular weight excluding hydrogens is 350 g/mol. The molecule has 2 aromatic heterocycles. The second-order valence-electron chi connectivity index (χ2n) is 7.75. The highest BCUT2D eigenvalue weighted by Gasteiger charge is 2.22. The smallest absolute Gasteiger partial charge is 0.254 e. The van der Waals surface area contributed by atoms with Crippen LogP contribution in [0.25, 0.3) is 22.3 Å². The van der Waals surface area contributed by atoms with Crippen LogP contribution in [0, 0.1) is 12.8 Å². The first kappa shape index (κ1) is 20.0. The van der Waals surface area contributed by atoms with Gasteiger partial charge in [0.15, 0.2) is 5.65 Å². The zero-order valence-electron chi connectivity index (χ0n) is 17.3. The predicted octanol–water partition coefficient (Wildman–Crippen LogP) is 3.39. The number of nitrogens with zero attached hydrogens (tertiary/aromatic N) is 4. The molecule has 0 bridgehead atoms. The summed E-state index contributed by atoms with van der Waals surface area (Å²) in [5.41, 5.74) is 10.1. The number of fused-ring (bicyclic) bond motifs is 1. The van der Waals surface area contributed by atoms with Gasteiger partial charge in [-0.1, -0.05) is 44.2 Å². The van der Waals surface area contributed by atoms with Crippen molar-refractivity contribution >= 4 is 16.9 Å². The summed E-state index contributed by atoms with van der Waals surface area (Å²) in [6, 6.07) is 11.9. The maximum atomic E-state index is 13.3. The first-order valence-corrected chi connectivity index (χ1v) is 9.70. The van der Waals surface area contributed by atoms with Crippen molar-refractivity contribution in [3.8, 4) is 11.3 Å². The van der Waals surface area contributed by atoms with Gasteiger partial charge in [-0.15, -0.1) is 0 Å². The van der Waals surface area contributed by atoms with Crippen LogP contribution < -0.4 is 5.73 Å². The van der Waals surface area contributed by atoms with Gasteiger partial charge in [-0.25, -0.2) is 4.98 Å². The van der Waals surface area contributed by atoms with Gasteiger partial charge in [-0.05, 0) is 25.3 Å². The molecular formula is C22H29N5O. The number of amides is 1. The molecule has 0 spiro atoms. The normalized spacial score (nSPS) is 12.5. The second-order valence-corrected chi connectivity index (χ2v) is 7.75. The quantitative estimate of drug-likeness (QED) is 0.712. The fourth-order valence-corrected chi connectivity index (χ4v) is 3.35. The average Bonchev–Trinajstić information content (AvgIpc) is 2.99. The molecule has 1 amide bonds. The Morgan fingerprint density at radius 2 is 1.93 bits per heavy atom. The average molecular weight is 380 g/mol. The van der Waals surface area contributed by atoms with E-state index in [9.17, 15) is 4.79 Å². The molecule has 2 N–H and O–H groups in total. The van der Waals surface area contributed by atoms with Crippen LogP contribution in [-0.2, 0) is 7.05 Å². The highest BCUT2D eigenvalue weighted by molar-refractivity contribution is 6.07. The lowest BCUT2D eigenvalue weighted by Crippen LogP contribution is -2.34. The van der Waals surface area contributed by atoms with E-state index in [1.54, 1.807) is 9.58 Å². The summed E-state index contributed by atoms with van der Waals surface area (Å²) >= 11 is 0. The summed E-state index contributed by atoms with van der Waals surface area (Å²) in [5, 5.41) is 5.30. The highest BCUT2D eigenvalue weighted by Crippen LogP contribution is 2.27. The first-order valence-electron chi connectivity index (χ1n) is 9.70. The first-order chi connectivity index (χ1) is 13.3. The van der Waals surface area contributed by atoms with E-state index >= 15 is 0 Å². The van der Waals surface area contributed by atoms with E-state index in [0.29, 0.717) is 18.0 Å². The maximum absolute atomic E-state index is 13.3. The number of pyridine rings is 1. The molecule has 1 atom stereocenters. The number of carbonyl (C=O) groups is 1. The van der Waals surface area contributed by atoms with Crippen LogP contribution >= 0.6 is 0 Å². The van der Waals surface area contributed by atoms with E-state index in [0.717, 1.165) is 34.4 Å². The predicted molar refractivity (Wildman–Crippen MR) is 113 cm³/mol. The Balaban J connectivity index is 2.02. The van der Waals surface area contributed by atoms with Crippen LogP contribution in [0.3, 0.4) is 0 Å². The molecule has 6 heteroatoms. The van der Waals surface area contributed by atoms with Gasteiger partial charge in [0.2, 0.25) is 0 Å². The van der Waals surface area contributed by atoms with Crippen molar-refractivity contribution in [3.63, 3.8) is 0 Å². The van der Waals surface area contributed by atoms with Crippen molar-refractivity contribution in [2.24, 2.45) is 18.7 Å². The number of carbonyl (C=O) groups excluding carboxylic acids is 1. The summed E-state index contributed by atoms with van der Waals surface area (Å²) in [6.07, 6.45) is 0.770. The van der Waals surface area contributed by atoms with Gasteiger partial charge in [0.25, 0.3) is 5.91 Å². The number of benzene rings is 1. The number of rotatable bonds is 6. The summed E-state index contributed by atoms with van der Waals surface area (Å²) in [6.45, 7) is 6.73. The standard InChI is InChI=1S/C22H29N5O/c1-14(2)18(23)11-12-26(4)22(28)17-13-19(16-9-7-6-8-10-16)24-21-20(17)15(3)25-27(21)5/h6-10,13-14,18H,11-12,23H2,1-5H3. The molecule has 28 heavy (non-hydrogen) atoms. The van der Waals surface area contributed by atoms with Crippen LogP contribution in [0.15, 0.2) is 36.4 Å². The monoisotopic (exact) mass is 379 g/mol. The van der Waals surface area contributed by atoms with E-state index in [2.05, 4.69) is 18.9 Å². The summed E-state index contributed by atoms with van der Waals surface area (Å²) in [7, 11) is 3.69. The van der Waals surface area contributed by atoms with Crippen molar-refractivity contribution in [1.29, 1.82) is 0 Å². The molecule has 1 unspecified atom stereocenters. The molecule has 0 aliphatic rings. The highest BCUT2D eigenvalue weighted by atomic mass is 16.2. The number of aryl methyl sites for hydroxylation is 2. The SMILES string of the molecule is Cc1nn(C)c2nc(-c3ccccc3)cc(C(=O)N(C)CCC(N)C(C)C)c12. The molecule has 2 heterocycles. The third-order valence-corrected chi connectivity index (χ3v) is 5.27. The minimum Gasteiger partial charge on any atom is -0.342 e. The number of hydrogen-bond acceptors (Lipinski definition) is 4. The minimum absolute atomic E-state index is 0.0309. The maximum Gasteiger partial charge on any atom is 0.254 e. The topological polar surface area (TPSA) is 77.0 Å². The molecule has 0 aliphatic carbocycles. The van der Waals surface area contributed by atoms with E-state index in [-0.39, 0.29) is 11.9 Å². The van der Waals surface area contributed by atoms with Crippen molar-refractivity contribution < 1.29 is 4.79 Å². The van der Waals surface area contributed by atoms with E-state index < -0.39 is 0 Å². The molecule has 148 valence electrons. The largest absolute Gasteiger partial charge is 0.342 e. The van der Waals surface area contributed by atoms with Crippen molar-refractivity contribution in [2.45, 2.75) is 33.2 Å². The van der Waals surface area contributed by atoms with Crippen LogP contribution in [0.4, 0.5) is 0 Å². The summed E-state index contributed by atoms with van der Waals surface area (Å²) in [5.74, 6) is 0.359. The van der Waals surface area contributed by atoms with Gasteiger partial charge < -0.3 is 10.6 Å². The zero-order valence-corrected chi connectivity index (χ0v) is 17.3. The van der Waals surface area contributed by atoms with Gasteiger partial charge >= 0.3 is 0 Å². The van der Waals surface area contributed by atoms with Crippen molar-refractivity contribution in [1.82, 2.24) is 19.7 Å². The Labute approximate surface area is 166 Å². The van der Waals surface area contributed by atoms with Crippen LogP contribution in [0.2, 0.25) is 0 Å². The number of nitrogens with two attached hydrogens (primary N) is 1. The van der Waals surface area contributed by atoms with Gasteiger partial charge in [0.05, 0.1) is 22.3 Å². The lowest BCUT2D eigenvalue weighted by molar-refractivity contribution is 0.0791. The molecule has 6 nitrogen and oxygen atoms in total. The van der Waals surface area contributed by atoms with Gasteiger partial charge in [0, 0.05) is 32.2 Å². The fraction of sp³-hybridized carbons (Fsp3) is 0.409. The lowest BCUT2D eigenvalue weighted by Gasteiger charge is -2.22. The second kappa shape index (κ2) is 8.10. The van der Waals surface area contributed by atoms with Gasteiger partial charge in [-0.2, -0.15) is 5.10 Å². The molecule has 3 rings (SSSR count). The summed E-state index contributed by atoms with van der Waals surface area (Å²) < 4.78 is 1.74.